The van der Waals surface area contributed by atoms with Gasteiger partial charge in [-0.2, -0.15) is 0 Å². The Labute approximate surface area is 75.8 Å². The van der Waals surface area contributed by atoms with Gasteiger partial charge in [-0.05, 0) is 0 Å². The maximum atomic E-state index is 10.4. The summed E-state index contributed by atoms with van der Waals surface area (Å²) in [6.45, 7) is 1.38. The van der Waals surface area contributed by atoms with Gasteiger partial charge in [0.1, 0.15) is 0 Å². The van der Waals surface area contributed by atoms with Gasteiger partial charge >= 0.3 is 11.9 Å². The van der Waals surface area contributed by atoms with E-state index in [-0.39, 0.29) is 13.2 Å². The topological polar surface area (TPSA) is 84.9 Å². The van der Waals surface area contributed by atoms with Crippen LogP contribution in [0.3, 0.4) is 0 Å². The van der Waals surface area contributed by atoms with Crippen LogP contribution in [0.1, 0.15) is 0 Å². The van der Waals surface area contributed by atoms with Crippen molar-refractivity contribution in [2.45, 2.75) is 0 Å². The number of carbonyl (C=O) groups is 2. The Bertz CT molecular complexity index is 170. The maximum Gasteiger partial charge on any atom is 0.394 e. The normalized spacial score (nSPS) is 9.62. The van der Waals surface area contributed by atoms with Gasteiger partial charge in [0.25, 0.3) is 0 Å². The van der Waals surface area contributed by atoms with E-state index >= 15 is 0 Å². The molecule has 0 saturated heterocycles. The average Bonchev–Trinajstić information content (AvgIpc) is 2.10. The molecule has 0 aromatic rings. The number of ether oxygens (including phenoxy) is 2. The Morgan fingerprint density at radius 2 is 2.00 bits per heavy atom. The number of carbonyl (C=O) groups excluding carboxylic acids is 1. The molecule has 6 heteroatoms. The Morgan fingerprint density at radius 1 is 1.31 bits per heavy atom. The number of carboxylic acids is 1. The number of methoxy groups -OCH3 is 1. The zero-order valence-corrected chi connectivity index (χ0v) is 7.41. The van der Waals surface area contributed by atoms with E-state index in [9.17, 15) is 9.59 Å². The third-order valence-electron chi connectivity index (χ3n) is 1.16. The summed E-state index contributed by atoms with van der Waals surface area (Å²) in [5, 5.41) is 10.3. The molecule has 6 nitrogen and oxygen atoms in total. The van der Waals surface area contributed by atoms with Crippen LogP contribution in [0.4, 0.5) is 0 Å². The van der Waals surface area contributed by atoms with Gasteiger partial charge in [-0.1, -0.05) is 0 Å². The SMILES string of the molecule is COCCOCCNC(=O)C(=O)O. The van der Waals surface area contributed by atoms with E-state index in [1.54, 1.807) is 7.11 Å². The summed E-state index contributed by atoms with van der Waals surface area (Å²) in [4.78, 5) is 20.4. The lowest BCUT2D eigenvalue weighted by Gasteiger charge is -2.03. The predicted molar refractivity (Wildman–Crippen MR) is 43.3 cm³/mol. The van der Waals surface area contributed by atoms with Crippen molar-refractivity contribution in [3.63, 3.8) is 0 Å². The van der Waals surface area contributed by atoms with Crippen LogP contribution in [0.2, 0.25) is 0 Å². The lowest BCUT2D eigenvalue weighted by Crippen LogP contribution is -2.33. The second-order valence-corrected chi connectivity index (χ2v) is 2.17. The fourth-order valence-electron chi connectivity index (χ4n) is 0.557. The number of hydrogen-bond acceptors (Lipinski definition) is 4. The number of hydrogen-bond donors (Lipinski definition) is 2. The minimum absolute atomic E-state index is 0.189. The number of carboxylic acid groups (broad SMARTS) is 1. The molecule has 0 aromatic carbocycles. The molecule has 0 aliphatic rings. The van der Waals surface area contributed by atoms with Gasteiger partial charge in [-0.25, -0.2) is 4.79 Å². The molecular weight excluding hydrogens is 178 g/mol. The van der Waals surface area contributed by atoms with Gasteiger partial charge < -0.3 is 19.9 Å². The zero-order chi connectivity index (χ0) is 10.1. The first kappa shape index (κ1) is 11.9. The highest BCUT2D eigenvalue weighted by atomic mass is 16.5. The van der Waals surface area contributed by atoms with Crippen LogP contribution in [0.5, 0.6) is 0 Å². The summed E-state index contributed by atoms with van der Waals surface area (Å²) in [6, 6.07) is 0. The van der Waals surface area contributed by atoms with Crippen molar-refractivity contribution in [1.29, 1.82) is 0 Å². The molecule has 2 N–H and O–H groups in total. The molecule has 1 amide bonds. The van der Waals surface area contributed by atoms with E-state index in [1.807, 2.05) is 0 Å². The van der Waals surface area contributed by atoms with Crippen molar-refractivity contribution in [3.8, 4) is 0 Å². The molecule has 0 aliphatic heterocycles. The van der Waals surface area contributed by atoms with Crippen LogP contribution >= 0.6 is 0 Å². The summed E-state index contributed by atoms with van der Waals surface area (Å²) >= 11 is 0. The molecule has 0 spiro atoms. The quantitative estimate of drug-likeness (QED) is 0.409. The van der Waals surface area contributed by atoms with Crippen LogP contribution in [0.25, 0.3) is 0 Å². The van der Waals surface area contributed by atoms with Crippen molar-refractivity contribution in [2.75, 3.05) is 33.5 Å². The van der Waals surface area contributed by atoms with E-state index in [2.05, 4.69) is 5.32 Å². The van der Waals surface area contributed by atoms with E-state index in [0.717, 1.165) is 0 Å². The molecular formula is C7H13NO5. The number of aliphatic carboxylic acids is 1. The number of amides is 1. The molecule has 76 valence electrons. The Hall–Kier alpha value is -1.14. The standard InChI is InChI=1S/C7H13NO5/c1-12-4-5-13-3-2-8-6(9)7(10)11/h2-5H2,1H3,(H,8,9)(H,10,11). The third kappa shape index (κ3) is 7.23. The highest BCUT2D eigenvalue weighted by Gasteiger charge is 2.08. The molecule has 0 radical (unpaired) electrons. The molecule has 0 saturated carbocycles. The zero-order valence-electron chi connectivity index (χ0n) is 7.41. The lowest BCUT2D eigenvalue weighted by molar-refractivity contribution is -0.150. The Balaban J connectivity index is 3.16. The van der Waals surface area contributed by atoms with E-state index in [0.29, 0.717) is 13.2 Å². The first-order valence-corrected chi connectivity index (χ1v) is 3.76. The molecule has 0 atom stereocenters. The smallest absolute Gasteiger partial charge is 0.394 e. The molecule has 0 bridgehead atoms. The van der Waals surface area contributed by atoms with Crippen molar-refractivity contribution >= 4 is 11.9 Å². The van der Waals surface area contributed by atoms with E-state index < -0.39 is 11.9 Å². The van der Waals surface area contributed by atoms with Crippen LogP contribution in [0.15, 0.2) is 0 Å². The van der Waals surface area contributed by atoms with Crippen LogP contribution < -0.4 is 5.32 Å². The second kappa shape index (κ2) is 7.51. The predicted octanol–water partition coefficient (Wildman–Crippen LogP) is -1.15. The highest BCUT2D eigenvalue weighted by Crippen LogP contribution is 1.75. The molecule has 0 fully saturated rings. The number of nitrogens with one attached hydrogen (secondary N) is 1. The molecule has 0 aromatic heterocycles. The summed E-state index contributed by atoms with van der Waals surface area (Å²) in [5.74, 6) is -2.51. The molecule has 0 rings (SSSR count). The van der Waals surface area contributed by atoms with Gasteiger partial charge in [0.15, 0.2) is 0 Å². The first-order chi connectivity index (χ1) is 6.18. The van der Waals surface area contributed by atoms with Gasteiger partial charge in [0, 0.05) is 13.7 Å². The largest absolute Gasteiger partial charge is 0.474 e. The molecule has 0 unspecified atom stereocenters. The van der Waals surface area contributed by atoms with Gasteiger partial charge in [-0.15, -0.1) is 0 Å². The Kier molecular flexibility index (Phi) is 6.85. The minimum Gasteiger partial charge on any atom is -0.474 e. The van der Waals surface area contributed by atoms with Crippen LogP contribution in [-0.4, -0.2) is 50.5 Å². The summed E-state index contributed by atoms with van der Waals surface area (Å²) in [5.41, 5.74) is 0. The highest BCUT2D eigenvalue weighted by molar-refractivity contribution is 6.31. The molecule has 0 heterocycles. The monoisotopic (exact) mass is 191 g/mol. The summed E-state index contributed by atoms with van der Waals surface area (Å²) < 4.78 is 9.67. The fourth-order valence-corrected chi connectivity index (χ4v) is 0.557. The third-order valence-corrected chi connectivity index (χ3v) is 1.16. The lowest BCUT2D eigenvalue weighted by atomic mass is 10.5. The first-order valence-electron chi connectivity index (χ1n) is 3.76. The van der Waals surface area contributed by atoms with Gasteiger partial charge in [0.05, 0.1) is 19.8 Å². The molecule has 13 heavy (non-hydrogen) atoms. The van der Waals surface area contributed by atoms with Crippen LogP contribution in [0, 0.1) is 0 Å². The van der Waals surface area contributed by atoms with Crippen molar-refractivity contribution in [1.82, 2.24) is 5.32 Å². The second-order valence-electron chi connectivity index (χ2n) is 2.17. The van der Waals surface area contributed by atoms with Gasteiger partial charge in [-0.3, -0.25) is 4.79 Å². The minimum atomic E-state index is -1.49. The molecule has 0 aliphatic carbocycles. The van der Waals surface area contributed by atoms with Gasteiger partial charge in [0.2, 0.25) is 0 Å². The van der Waals surface area contributed by atoms with Crippen molar-refractivity contribution in [2.24, 2.45) is 0 Å². The maximum absolute atomic E-state index is 10.4. The Morgan fingerprint density at radius 3 is 2.54 bits per heavy atom. The summed E-state index contributed by atoms with van der Waals surface area (Å²) in [6.07, 6.45) is 0. The van der Waals surface area contributed by atoms with E-state index in [1.165, 1.54) is 0 Å². The average molecular weight is 191 g/mol. The van der Waals surface area contributed by atoms with E-state index in [4.69, 9.17) is 14.6 Å². The van der Waals surface area contributed by atoms with Crippen LogP contribution in [-0.2, 0) is 19.1 Å². The van der Waals surface area contributed by atoms with Crippen molar-refractivity contribution < 1.29 is 24.2 Å². The number of rotatable bonds is 6. The van der Waals surface area contributed by atoms with Crippen molar-refractivity contribution in [3.05, 3.63) is 0 Å². The fraction of sp³-hybridized carbons (Fsp3) is 0.714. The summed E-state index contributed by atoms with van der Waals surface area (Å²) in [7, 11) is 1.55.